The minimum Gasteiger partial charge on any atom is -0.299 e. The van der Waals surface area contributed by atoms with Gasteiger partial charge in [-0.2, -0.15) is 0 Å². The van der Waals surface area contributed by atoms with Gasteiger partial charge in [0.1, 0.15) is 5.78 Å². The van der Waals surface area contributed by atoms with Crippen molar-refractivity contribution in [2.24, 2.45) is 0 Å². The molecule has 3 nitrogen and oxygen atoms in total. The first kappa shape index (κ1) is 12.2. The van der Waals surface area contributed by atoms with Crippen molar-refractivity contribution in [1.82, 2.24) is 9.97 Å². The van der Waals surface area contributed by atoms with E-state index in [9.17, 15) is 4.79 Å². The number of ketones is 1. The standard InChI is InChI=1S/C11H16N2OS/c1-5-10(14)6-15-11-12-8(3)7(2)9(4)13-11/h5-6H2,1-4H3. The number of Topliss-reactive ketones (excluding diaryl/α,β-unsaturated/α-hetero) is 1. The van der Waals surface area contributed by atoms with E-state index in [1.165, 1.54) is 11.8 Å². The van der Waals surface area contributed by atoms with E-state index in [-0.39, 0.29) is 5.78 Å². The summed E-state index contributed by atoms with van der Waals surface area (Å²) in [5, 5.41) is 0.706. The Labute approximate surface area is 94.7 Å². The fraction of sp³-hybridized carbons (Fsp3) is 0.545. The lowest BCUT2D eigenvalue weighted by Gasteiger charge is -2.05. The van der Waals surface area contributed by atoms with Gasteiger partial charge in [-0.1, -0.05) is 18.7 Å². The Balaban J connectivity index is 2.75. The largest absolute Gasteiger partial charge is 0.299 e. The van der Waals surface area contributed by atoms with Gasteiger partial charge in [0.05, 0.1) is 5.75 Å². The number of thioether (sulfide) groups is 1. The van der Waals surface area contributed by atoms with Crippen molar-refractivity contribution >= 4 is 17.5 Å². The van der Waals surface area contributed by atoms with Crippen LogP contribution in [0.15, 0.2) is 5.16 Å². The third kappa shape index (κ3) is 3.30. The Kier molecular flexibility index (Phi) is 4.27. The highest BCUT2D eigenvalue weighted by Crippen LogP contribution is 2.17. The van der Waals surface area contributed by atoms with Gasteiger partial charge in [0.2, 0.25) is 0 Å². The van der Waals surface area contributed by atoms with Crippen LogP contribution in [-0.4, -0.2) is 21.5 Å². The molecule has 1 heterocycles. The summed E-state index contributed by atoms with van der Waals surface area (Å²) in [6, 6.07) is 0. The molecule has 1 aromatic rings. The second-order valence-corrected chi connectivity index (χ2v) is 4.43. The zero-order valence-corrected chi connectivity index (χ0v) is 10.4. The summed E-state index contributed by atoms with van der Waals surface area (Å²) in [6.45, 7) is 7.82. The number of aryl methyl sites for hydroxylation is 2. The summed E-state index contributed by atoms with van der Waals surface area (Å²) in [6.07, 6.45) is 0.580. The minimum absolute atomic E-state index is 0.236. The summed E-state index contributed by atoms with van der Waals surface area (Å²) in [7, 11) is 0. The van der Waals surface area contributed by atoms with Gasteiger partial charge in [-0.3, -0.25) is 4.79 Å². The van der Waals surface area contributed by atoms with Crippen LogP contribution in [0.4, 0.5) is 0 Å². The Morgan fingerprint density at radius 2 is 1.73 bits per heavy atom. The molecular weight excluding hydrogens is 208 g/mol. The first-order valence-electron chi connectivity index (χ1n) is 5.01. The summed E-state index contributed by atoms with van der Waals surface area (Å²) in [4.78, 5) is 19.8. The van der Waals surface area contributed by atoms with E-state index in [1.807, 2.05) is 27.7 Å². The molecule has 0 unspecified atom stereocenters. The van der Waals surface area contributed by atoms with Gasteiger partial charge >= 0.3 is 0 Å². The van der Waals surface area contributed by atoms with Crippen molar-refractivity contribution in [1.29, 1.82) is 0 Å². The van der Waals surface area contributed by atoms with Crippen LogP contribution in [0.25, 0.3) is 0 Å². The lowest BCUT2D eigenvalue weighted by Crippen LogP contribution is -2.02. The molecule has 0 N–H and O–H groups in total. The summed E-state index contributed by atoms with van der Waals surface area (Å²) < 4.78 is 0. The van der Waals surface area contributed by atoms with Crippen molar-refractivity contribution in [2.75, 3.05) is 5.75 Å². The first-order valence-corrected chi connectivity index (χ1v) is 5.99. The van der Waals surface area contributed by atoms with E-state index in [1.54, 1.807) is 0 Å². The molecule has 0 aromatic carbocycles. The summed E-state index contributed by atoms with van der Waals surface area (Å²) >= 11 is 1.42. The van der Waals surface area contributed by atoms with E-state index >= 15 is 0 Å². The molecule has 0 saturated heterocycles. The van der Waals surface area contributed by atoms with Gasteiger partial charge in [0.25, 0.3) is 0 Å². The van der Waals surface area contributed by atoms with Gasteiger partial charge < -0.3 is 0 Å². The van der Waals surface area contributed by atoms with Crippen LogP contribution in [0.1, 0.15) is 30.3 Å². The van der Waals surface area contributed by atoms with Crippen molar-refractivity contribution in [3.8, 4) is 0 Å². The Morgan fingerprint density at radius 1 is 1.20 bits per heavy atom. The molecule has 0 aliphatic rings. The molecule has 1 rings (SSSR count). The molecule has 82 valence electrons. The lowest BCUT2D eigenvalue weighted by molar-refractivity contribution is -0.116. The highest BCUT2D eigenvalue weighted by Gasteiger charge is 2.06. The van der Waals surface area contributed by atoms with E-state index in [2.05, 4.69) is 9.97 Å². The monoisotopic (exact) mass is 224 g/mol. The van der Waals surface area contributed by atoms with Gasteiger partial charge in [-0.15, -0.1) is 0 Å². The zero-order valence-electron chi connectivity index (χ0n) is 9.63. The van der Waals surface area contributed by atoms with Crippen LogP contribution in [-0.2, 0) is 4.79 Å². The Morgan fingerprint density at radius 3 is 2.20 bits per heavy atom. The fourth-order valence-electron chi connectivity index (χ4n) is 1.05. The van der Waals surface area contributed by atoms with Gasteiger partial charge in [-0.05, 0) is 26.3 Å². The van der Waals surface area contributed by atoms with Crippen molar-refractivity contribution in [2.45, 2.75) is 39.3 Å². The van der Waals surface area contributed by atoms with Crippen molar-refractivity contribution < 1.29 is 4.79 Å². The number of hydrogen-bond acceptors (Lipinski definition) is 4. The van der Waals surface area contributed by atoms with Gasteiger partial charge in [-0.25, -0.2) is 9.97 Å². The van der Waals surface area contributed by atoms with Crippen LogP contribution in [0.3, 0.4) is 0 Å². The third-order valence-electron chi connectivity index (χ3n) is 2.37. The first-order chi connectivity index (χ1) is 7.04. The predicted molar refractivity (Wildman–Crippen MR) is 62.3 cm³/mol. The molecule has 0 spiro atoms. The summed E-state index contributed by atoms with van der Waals surface area (Å²) in [5.41, 5.74) is 3.11. The average Bonchev–Trinajstić information content (AvgIpc) is 2.22. The zero-order chi connectivity index (χ0) is 11.4. The number of hydrogen-bond donors (Lipinski definition) is 0. The fourth-order valence-corrected chi connectivity index (χ4v) is 1.95. The molecule has 0 radical (unpaired) electrons. The van der Waals surface area contributed by atoms with Crippen molar-refractivity contribution in [3.05, 3.63) is 17.0 Å². The van der Waals surface area contributed by atoms with Gasteiger partial charge in [0.15, 0.2) is 5.16 Å². The lowest BCUT2D eigenvalue weighted by atomic mass is 10.2. The number of nitrogens with zero attached hydrogens (tertiary/aromatic N) is 2. The van der Waals surface area contributed by atoms with E-state index in [0.717, 1.165) is 17.0 Å². The molecule has 0 saturated carbocycles. The van der Waals surface area contributed by atoms with Crippen molar-refractivity contribution in [3.63, 3.8) is 0 Å². The SMILES string of the molecule is CCC(=O)CSc1nc(C)c(C)c(C)n1. The number of carbonyl (C=O) groups is 1. The van der Waals surface area contributed by atoms with Gasteiger partial charge in [0, 0.05) is 17.8 Å². The smallest absolute Gasteiger partial charge is 0.188 e. The second kappa shape index (κ2) is 5.26. The summed E-state index contributed by atoms with van der Waals surface area (Å²) in [5.74, 6) is 0.706. The average molecular weight is 224 g/mol. The molecule has 0 fully saturated rings. The molecule has 4 heteroatoms. The van der Waals surface area contributed by atoms with Crippen LogP contribution >= 0.6 is 11.8 Å². The van der Waals surface area contributed by atoms with Crippen LogP contribution in [0.2, 0.25) is 0 Å². The Hall–Kier alpha value is -0.900. The number of rotatable bonds is 4. The maximum Gasteiger partial charge on any atom is 0.188 e. The minimum atomic E-state index is 0.236. The van der Waals surface area contributed by atoms with Crippen LogP contribution in [0.5, 0.6) is 0 Å². The third-order valence-corrected chi connectivity index (χ3v) is 3.28. The molecule has 0 aliphatic carbocycles. The molecule has 1 aromatic heterocycles. The maximum atomic E-state index is 11.1. The molecule has 0 bridgehead atoms. The highest BCUT2D eigenvalue weighted by molar-refractivity contribution is 7.99. The molecule has 0 amide bonds. The highest BCUT2D eigenvalue weighted by atomic mass is 32.2. The molecule has 15 heavy (non-hydrogen) atoms. The number of carbonyl (C=O) groups excluding carboxylic acids is 1. The normalized spacial score (nSPS) is 10.4. The molecular formula is C11H16N2OS. The predicted octanol–water partition coefficient (Wildman–Crippen LogP) is 2.47. The molecule has 0 atom stereocenters. The number of aromatic nitrogens is 2. The Bertz CT molecular complexity index is 354. The van der Waals surface area contributed by atoms with E-state index in [0.29, 0.717) is 17.3 Å². The van der Waals surface area contributed by atoms with E-state index < -0.39 is 0 Å². The maximum absolute atomic E-state index is 11.1. The molecule has 0 aliphatic heterocycles. The van der Waals surface area contributed by atoms with Crippen LogP contribution < -0.4 is 0 Å². The topological polar surface area (TPSA) is 42.9 Å². The second-order valence-electron chi connectivity index (χ2n) is 3.48. The van der Waals surface area contributed by atoms with E-state index in [4.69, 9.17) is 0 Å². The quantitative estimate of drug-likeness (QED) is 0.582. The van der Waals surface area contributed by atoms with Crippen LogP contribution in [0, 0.1) is 20.8 Å².